The number of pyridine rings is 1. The van der Waals surface area contributed by atoms with Gasteiger partial charge in [-0.2, -0.15) is 0 Å². The fourth-order valence-electron chi connectivity index (χ4n) is 2.66. The second-order valence-electron chi connectivity index (χ2n) is 4.46. The topological polar surface area (TPSA) is 37.0 Å². The largest absolute Gasteiger partial charge is 0.366 e. The Kier molecular flexibility index (Phi) is 2.29. The third-order valence-electron chi connectivity index (χ3n) is 3.39. The van der Waals surface area contributed by atoms with Gasteiger partial charge in [-0.15, -0.1) is 0 Å². The Morgan fingerprint density at radius 3 is 2.93 bits per heavy atom. The van der Waals surface area contributed by atoms with Gasteiger partial charge in [0.2, 0.25) is 0 Å². The minimum Gasteiger partial charge on any atom is -0.366 e. The molecule has 4 heteroatoms. The van der Waals surface area contributed by atoms with Crippen molar-refractivity contribution in [2.24, 2.45) is 5.92 Å². The number of anilines is 1. The highest BCUT2D eigenvalue weighted by Crippen LogP contribution is 2.32. The average Bonchev–Trinajstić information content (AvgIpc) is 2.83. The molecule has 2 N–H and O–H groups in total. The van der Waals surface area contributed by atoms with Crippen molar-refractivity contribution in [1.82, 2.24) is 10.3 Å². The fourth-order valence-corrected chi connectivity index (χ4v) is 2.78. The average molecular weight is 224 g/mol. The van der Waals surface area contributed by atoms with E-state index in [4.69, 9.17) is 11.6 Å². The maximum absolute atomic E-state index is 5.79. The number of piperidine rings is 1. The molecule has 2 heterocycles. The first-order chi connectivity index (χ1) is 7.31. The third kappa shape index (κ3) is 1.82. The molecule has 80 valence electrons. The number of aromatic nitrogens is 1. The van der Waals surface area contributed by atoms with Gasteiger partial charge in [0, 0.05) is 18.3 Å². The number of halogens is 1. The summed E-state index contributed by atoms with van der Waals surface area (Å²) < 4.78 is 0. The van der Waals surface area contributed by atoms with Crippen molar-refractivity contribution < 1.29 is 0 Å². The number of fused-ring (bicyclic) bond motifs is 2. The zero-order valence-electron chi connectivity index (χ0n) is 8.41. The highest BCUT2D eigenvalue weighted by atomic mass is 35.5. The van der Waals surface area contributed by atoms with Crippen molar-refractivity contribution in [2.45, 2.75) is 24.9 Å². The number of nitrogens with one attached hydrogen (secondary N) is 2. The lowest BCUT2D eigenvalue weighted by molar-refractivity contribution is 0.465. The molecule has 1 aliphatic carbocycles. The molecule has 0 aromatic carbocycles. The zero-order chi connectivity index (χ0) is 10.3. The van der Waals surface area contributed by atoms with Gasteiger partial charge in [-0.25, -0.2) is 4.98 Å². The third-order valence-corrected chi connectivity index (χ3v) is 3.61. The maximum atomic E-state index is 5.79. The molecule has 1 aliphatic heterocycles. The van der Waals surface area contributed by atoms with Gasteiger partial charge in [0.1, 0.15) is 5.82 Å². The molecule has 1 saturated heterocycles. The van der Waals surface area contributed by atoms with Crippen LogP contribution in [0.4, 0.5) is 5.82 Å². The number of hydrogen-bond acceptors (Lipinski definition) is 3. The van der Waals surface area contributed by atoms with Gasteiger partial charge in [-0.1, -0.05) is 11.6 Å². The Morgan fingerprint density at radius 2 is 2.33 bits per heavy atom. The van der Waals surface area contributed by atoms with Crippen LogP contribution in [0, 0.1) is 5.92 Å². The summed E-state index contributed by atoms with van der Waals surface area (Å²) in [6.45, 7) is 1.19. The van der Waals surface area contributed by atoms with Crippen LogP contribution in [0.25, 0.3) is 0 Å². The van der Waals surface area contributed by atoms with E-state index in [2.05, 4.69) is 15.6 Å². The maximum Gasteiger partial charge on any atom is 0.126 e. The van der Waals surface area contributed by atoms with E-state index >= 15 is 0 Å². The Labute approximate surface area is 94.2 Å². The molecule has 3 rings (SSSR count). The smallest absolute Gasteiger partial charge is 0.126 e. The quantitative estimate of drug-likeness (QED) is 0.804. The SMILES string of the molecule is Clc1ccc(N[C@@H]2C[C@H]3CN[C@H]2C3)nc1. The van der Waals surface area contributed by atoms with E-state index in [1.54, 1.807) is 6.20 Å². The van der Waals surface area contributed by atoms with Gasteiger partial charge in [0.05, 0.1) is 5.02 Å². The molecule has 3 nitrogen and oxygen atoms in total. The van der Waals surface area contributed by atoms with Crippen LogP contribution in [-0.2, 0) is 0 Å². The summed E-state index contributed by atoms with van der Waals surface area (Å²) in [6, 6.07) is 4.98. The van der Waals surface area contributed by atoms with E-state index < -0.39 is 0 Å². The van der Waals surface area contributed by atoms with Crippen LogP contribution in [0.2, 0.25) is 5.02 Å². The van der Waals surface area contributed by atoms with Gasteiger partial charge >= 0.3 is 0 Å². The summed E-state index contributed by atoms with van der Waals surface area (Å²) in [5.74, 6) is 1.79. The van der Waals surface area contributed by atoms with E-state index in [-0.39, 0.29) is 0 Å². The van der Waals surface area contributed by atoms with Gasteiger partial charge in [-0.3, -0.25) is 0 Å². The normalized spacial score (nSPS) is 33.3. The highest BCUT2D eigenvalue weighted by molar-refractivity contribution is 6.30. The van der Waals surface area contributed by atoms with Crippen molar-refractivity contribution in [2.75, 3.05) is 11.9 Å². The second-order valence-corrected chi connectivity index (χ2v) is 4.90. The Bertz CT molecular complexity index is 351. The van der Waals surface area contributed by atoms with Crippen LogP contribution in [-0.4, -0.2) is 23.6 Å². The van der Waals surface area contributed by atoms with E-state index in [1.165, 1.54) is 19.4 Å². The molecular formula is C11H14ClN3. The van der Waals surface area contributed by atoms with Crippen LogP contribution >= 0.6 is 11.6 Å². The van der Waals surface area contributed by atoms with Crippen LogP contribution < -0.4 is 10.6 Å². The predicted molar refractivity (Wildman–Crippen MR) is 61.2 cm³/mol. The molecule has 1 saturated carbocycles. The van der Waals surface area contributed by atoms with Crippen LogP contribution in [0.15, 0.2) is 18.3 Å². The number of nitrogens with zero attached hydrogens (tertiary/aromatic N) is 1. The summed E-state index contributed by atoms with van der Waals surface area (Å²) in [5.41, 5.74) is 0. The molecule has 0 radical (unpaired) electrons. The second kappa shape index (κ2) is 3.65. The van der Waals surface area contributed by atoms with Gasteiger partial charge in [0.25, 0.3) is 0 Å². The van der Waals surface area contributed by atoms with Gasteiger partial charge in [-0.05, 0) is 37.4 Å². The zero-order valence-corrected chi connectivity index (χ0v) is 9.17. The molecular weight excluding hydrogens is 210 g/mol. The molecule has 1 aromatic heterocycles. The Balaban J connectivity index is 1.68. The minimum absolute atomic E-state index is 0.539. The molecule has 3 atom stereocenters. The van der Waals surface area contributed by atoms with Crippen molar-refractivity contribution in [3.05, 3.63) is 23.4 Å². The van der Waals surface area contributed by atoms with Crippen LogP contribution in [0.5, 0.6) is 0 Å². The van der Waals surface area contributed by atoms with Crippen LogP contribution in [0.3, 0.4) is 0 Å². The standard InChI is InChI=1S/C11H14ClN3/c12-8-1-2-11(14-6-8)15-10-4-7-3-9(10)13-5-7/h1-2,6-7,9-10,13H,3-5H2,(H,14,15)/t7-,9-,10+/m0/s1. The molecule has 1 aromatic rings. The first kappa shape index (κ1) is 9.43. The lowest BCUT2D eigenvalue weighted by Crippen LogP contribution is -2.41. The molecule has 0 unspecified atom stereocenters. The molecule has 2 bridgehead atoms. The summed E-state index contributed by atoms with van der Waals surface area (Å²) in [4.78, 5) is 4.25. The fraction of sp³-hybridized carbons (Fsp3) is 0.545. The minimum atomic E-state index is 0.539. The van der Waals surface area contributed by atoms with Gasteiger partial charge < -0.3 is 10.6 Å². The summed E-state index contributed by atoms with van der Waals surface area (Å²) in [5, 5.41) is 7.68. The van der Waals surface area contributed by atoms with Crippen molar-refractivity contribution in [1.29, 1.82) is 0 Å². The van der Waals surface area contributed by atoms with E-state index in [9.17, 15) is 0 Å². The molecule has 0 amide bonds. The molecule has 15 heavy (non-hydrogen) atoms. The van der Waals surface area contributed by atoms with E-state index in [1.807, 2.05) is 12.1 Å². The lowest BCUT2D eigenvalue weighted by atomic mass is 10.1. The van der Waals surface area contributed by atoms with Crippen molar-refractivity contribution >= 4 is 17.4 Å². The summed E-state index contributed by atoms with van der Waals surface area (Å²) >= 11 is 5.79. The molecule has 2 aliphatic rings. The Hall–Kier alpha value is -0.800. The predicted octanol–water partition coefficient (Wildman–Crippen LogP) is 1.90. The summed E-state index contributed by atoms with van der Waals surface area (Å²) in [6.07, 6.45) is 4.26. The highest BCUT2D eigenvalue weighted by Gasteiger charge is 2.39. The summed E-state index contributed by atoms with van der Waals surface area (Å²) in [7, 11) is 0. The van der Waals surface area contributed by atoms with E-state index in [0.717, 1.165) is 11.7 Å². The van der Waals surface area contributed by atoms with Gasteiger partial charge in [0.15, 0.2) is 0 Å². The Morgan fingerprint density at radius 1 is 1.40 bits per heavy atom. The molecule has 2 fully saturated rings. The van der Waals surface area contributed by atoms with Crippen molar-refractivity contribution in [3.63, 3.8) is 0 Å². The number of rotatable bonds is 2. The van der Waals surface area contributed by atoms with Crippen molar-refractivity contribution in [3.8, 4) is 0 Å². The lowest BCUT2D eigenvalue weighted by Gasteiger charge is -2.24. The monoisotopic (exact) mass is 223 g/mol. The first-order valence-electron chi connectivity index (χ1n) is 5.43. The number of hydrogen-bond donors (Lipinski definition) is 2. The molecule has 0 spiro atoms. The first-order valence-corrected chi connectivity index (χ1v) is 5.80. The van der Waals surface area contributed by atoms with Crippen LogP contribution in [0.1, 0.15) is 12.8 Å². The van der Waals surface area contributed by atoms with E-state index in [0.29, 0.717) is 17.1 Å².